The third-order valence-electron chi connectivity index (χ3n) is 6.93. The summed E-state index contributed by atoms with van der Waals surface area (Å²) < 4.78 is 15.4. The Morgan fingerprint density at radius 2 is 1.06 bits per heavy atom. The van der Waals surface area contributed by atoms with Gasteiger partial charge in [0, 0.05) is 38.6 Å². The molecule has 2 nitrogen and oxygen atoms in total. The van der Waals surface area contributed by atoms with Crippen molar-refractivity contribution in [3.8, 4) is 22.3 Å². The number of hydrogen-bond acceptors (Lipinski definition) is 2. The Morgan fingerprint density at radius 3 is 1.79 bits per heavy atom. The Bertz CT molecular complexity index is 1680. The van der Waals surface area contributed by atoms with Crippen LogP contribution in [0.5, 0.6) is 0 Å². The highest BCUT2D eigenvalue weighted by atomic mass is 31.2. The molecule has 1 aliphatic rings. The first-order valence-electron chi connectivity index (χ1n) is 11.4. The summed E-state index contributed by atoms with van der Waals surface area (Å²) in [6.07, 6.45) is 1.85. The van der Waals surface area contributed by atoms with E-state index in [9.17, 15) is 0 Å². The van der Waals surface area contributed by atoms with E-state index in [1.165, 1.54) is 0 Å². The minimum Gasteiger partial charge on any atom is -0.309 e. The zero-order valence-electron chi connectivity index (χ0n) is 18.3. The number of rotatable bonds is 1. The highest BCUT2D eigenvalue weighted by molar-refractivity contribution is 7.85. The van der Waals surface area contributed by atoms with E-state index in [2.05, 4.69) is 42.5 Å². The van der Waals surface area contributed by atoms with Gasteiger partial charge in [-0.3, -0.25) is 4.98 Å². The molecule has 2 heterocycles. The summed E-state index contributed by atoms with van der Waals surface area (Å²) in [6, 6.07) is 39.0. The van der Waals surface area contributed by atoms with Crippen LogP contribution in [0.25, 0.3) is 43.9 Å². The van der Waals surface area contributed by atoms with Gasteiger partial charge in [-0.05, 0) is 28.0 Å². The molecule has 1 aromatic heterocycles. The van der Waals surface area contributed by atoms with Gasteiger partial charge in [0.1, 0.15) is 0 Å². The topological polar surface area (TPSA) is 30.0 Å². The van der Waals surface area contributed by atoms with Gasteiger partial charge in [-0.25, -0.2) is 0 Å². The lowest BCUT2D eigenvalue weighted by molar-refractivity contribution is 0.592. The third kappa shape index (κ3) is 2.52. The molecule has 1 atom stereocenters. The van der Waals surface area contributed by atoms with E-state index in [1.54, 1.807) is 0 Å². The molecule has 0 amide bonds. The maximum Gasteiger partial charge on any atom is 0.172 e. The SMILES string of the molecule is O=P1(c2ccccc2)c2ccccc2-c2c(c3ncccc3c3ccccc23)-c2ccccc21. The molecule has 7 rings (SSSR count). The van der Waals surface area contributed by atoms with Crippen molar-refractivity contribution in [1.82, 2.24) is 4.98 Å². The third-order valence-corrected chi connectivity index (χ3v) is 10.1. The molecule has 0 saturated heterocycles. The summed E-state index contributed by atoms with van der Waals surface area (Å²) in [4.78, 5) is 4.89. The van der Waals surface area contributed by atoms with Crippen LogP contribution in [0, 0.1) is 0 Å². The maximum atomic E-state index is 15.4. The average Bonchev–Trinajstić information content (AvgIpc) is 3.02. The monoisotopic (exact) mass is 453 g/mol. The molecule has 34 heavy (non-hydrogen) atoms. The summed E-state index contributed by atoms with van der Waals surface area (Å²) >= 11 is 0. The van der Waals surface area contributed by atoms with E-state index >= 15 is 4.57 Å². The Morgan fingerprint density at radius 1 is 0.500 bits per heavy atom. The van der Waals surface area contributed by atoms with Crippen molar-refractivity contribution in [2.24, 2.45) is 0 Å². The van der Waals surface area contributed by atoms with Crippen molar-refractivity contribution in [2.45, 2.75) is 0 Å². The van der Waals surface area contributed by atoms with Gasteiger partial charge >= 0.3 is 0 Å². The molecule has 160 valence electrons. The molecule has 3 heteroatoms. The van der Waals surface area contributed by atoms with Gasteiger partial charge in [0.25, 0.3) is 0 Å². The Kier molecular flexibility index (Phi) is 4.15. The molecule has 1 unspecified atom stereocenters. The molecule has 0 spiro atoms. The molecule has 5 aromatic carbocycles. The average molecular weight is 453 g/mol. The van der Waals surface area contributed by atoms with E-state index in [4.69, 9.17) is 4.98 Å². The van der Waals surface area contributed by atoms with E-state index in [0.29, 0.717) is 0 Å². The summed E-state index contributed by atoms with van der Waals surface area (Å²) in [5, 5.41) is 6.03. The molecule has 1 aliphatic heterocycles. The van der Waals surface area contributed by atoms with Crippen molar-refractivity contribution in [1.29, 1.82) is 0 Å². The van der Waals surface area contributed by atoms with Crippen molar-refractivity contribution < 1.29 is 4.57 Å². The lowest BCUT2D eigenvalue weighted by Crippen LogP contribution is -2.26. The van der Waals surface area contributed by atoms with Gasteiger partial charge in [-0.2, -0.15) is 0 Å². The summed E-state index contributed by atoms with van der Waals surface area (Å²) in [7, 11) is -3.16. The maximum absolute atomic E-state index is 15.4. The minimum atomic E-state index is -3.16. The summed E-state index contributed by atoms with van der Waals surface area (Å²) in [5.41, 5.74) is 5.13. The summed E-state index contributed by atoms with van der Waals surface area (Å²) in [6.45, 7) is 0. The molecular weight excluding hydrogens is 433 g/mol. The van der Waals surface area contributed by atoms with Crippen molar-refractivity contribution in [2.75, 3.05) is 0 Å². The van der Waals surface area contributed by atoms with Gasteiger partial charge in [0.2, 0.25) is 0 Å². The number of benzene rings is 5. The second-order valence-electron chi connectivity index (χ2n) is 8.67. The zero-order valence-corrected chi connectivity index (χ0v) is 19.2. The molecule has 0 radical (unpaired) electrons. The fraction of sp³-hybridized carbons (Fsp3) is 0. The standard InChI is InChI=1S/C31H20NOP/c33-34(21-11-2-1-3-12-21)27-18-8-6-15-25(27)29-23-14-5-4-13-22(23)24-17-10-20-32-31(24)30(29)26-16-7-9-19-28(26)34/h1-20H. The Hall–Kier alpha value is -4.00. The predicted molar refractivity (Wildman–Crippen MR) is 143 cm³/mol. The highest BCUT2D eigenvalue weighted by Gasteiger charge is 2.38. The fourth-order valence-corrected chi connectivity index (χ4v) is 8.57. The smallest absolute Gasteiger partial charge is 0.172 e. The predicted octanol–water partition coefficient (Wildman–Crippen LogP) is 6.67. The molecule has 0 bridgehead atoms. The highest BCUT2D eigenvalue weighted by Crippen LogP contribution is 2.54. The lowest BCUT2D eigenvalue weighted by atomic mass is 9.87. The largest absolute Gasteiger partial charge is 0.309 e. The molecule has 0 aliphatic carbocycles. The number of aromatic nitrogens is 1. The van der Waals surface area contributed by atoms with Crippen LogP contribution in [0.3, 0.4) is 0 Å². The van der Waals surface area contributed by atoms with E-state index in [0.717, 1.165) is 59.8 Å². The lowest BCUT2D eigenvalue weighted by Gasteiger charge is -2.22. The van der Waals surface area contributed by atoms with Gasteiger partial charge in [-0.15, -0.1) is 0 Å². The van der Waals surface area contributed by atoms with Gasteiger partial charge in [-0.1, -0.05) is 109 Å². The van der Waals surface area contributed by atoms with Crippen LogP contribution in [0.15, 0.2) is 121 Å². The number of fused-ring (bicyclic) bond motifs is 10. The second-order valence-corrected chi connectivity index (χ2v) is 11.4. The molecule has 0 saturated carbocycles. The Balaban J connectivity index is 1.80. The van der Waals surface area contributed by atoms with Gasteiger partial charge in [0.15, 0.2) is 7.14 Å². The molecule has 6 aromatic rings. The number of pyridine rings is 1. The van der Waals surface area contributed by atoms with Crippen LogP contribution in [-0.4, -0.2) is 4.98 Å². The zero-order chi connectivity index (χ0) is 22.7. The summed E-state index contributed by atoms with van der Waals surface area (Å²) in [5.74, 6) is 0. The van der Waals surface area contributed by atoms with E-state index < -0.39 is 7.14 Å². The van der Waals surface area contributed by atoms with Gasteiger partial charge < -0.3 is 4.57 Å². The Labute approximate surface area is 197 Å². The number of nitrogens with zero attached hydrogens (tertiary/aromatic N) is 1. The molecule has 0 fully saturated rings. The van der Waals surface area contributed by atoms with Crippen LogP contribution in [0.4, 0.5) is 0 Å². The van der Waals surface area contributed by atoms with Crippen LogP contribution < -0.4 is 15.9 Å². The van der Waals surface area contributed by atoms with Crippen molar-refractivity contribution in [3.63, 3.8) is 0 Å². The van der Waals surface area contributed by atoms with Crippen LogP contribution in [-0.2, 0) is 4.57 Å². The fourth-order valence-electron chi connectivity index (χ4n) is 5.52. The van der Waals surface area contributed by atoms with Gasteiger partial charge in [0.05, 0.1) is 5.52 Å². The minimum absolute atomic E-state index is 0.851. The molecule has 0 N–H and O–H groups in total. The van der Waals surface area contributed by atoms with Crippen LogP contribution in [0.2, 0.25) is 0 Å². The van der Waals surface area contributed by atoms with Crippen molar-refractivity contribution in [3.05, 3.63) is 121 Å². The van der Waals surface area contributed by atoms with Crippen LogP contribution >= 0.6 is 7.14 Å². The first kappa shape index (κ1) is 19.5. The van der Waals surface area contributed by atoms with E-state index in [1.807, 2.05) is 79.0 Å². The number of hydrogen-bond donors (Lipinski definition) is 0. The van der Waals surface area contributed by atoms with Crippen molar-refractivity contribution >= 4 is 44.7 Å². The normalized spacial score (nSPS) is 16.5. The first-order chi connectivity index (χ1) is 16.8. The quantitative estimate of drug-likeness (QED) is 0.205. The van der Waals surface area contributed by atoms with E-state index in [-0.39, 0.29) is 0 Å². The molecular formula is C31H20NOP. The van der Waals surface area contributed by atoms with Crippen LogP contribution in [0.1, 0.15) is 0 Å². The second kappa shape index (κ2) is 7.25. The first-order valence-corrected chi connectivity index (χ1v) is 13.1.